The van der Waals surface area contributed by atoms with Gasteiger partial charge in [-0.05, 0) is 13.0 Å². The number of nitrogens with one attached hydrogen (secondary N) is 1. The molecule has 0 aromatic carbocycles. The van der Waals surface area contributed by atoms with E-state index in [-0.39, 0.29) is 0 Å². The van der Waals surface area contributed by atoms with Crippen molar-refractivity contribution < 1.29 is 9.53 Å². The minimum atomic E-state index is -0.449. The number of alkyl carbamates (subject to hydrolysis) is 1. The van der Waals surface area contributed by atoms with E-state index >= 15 is 0 Å². The summed E-state index contributed by atoms with van der Waals surface area (Å²) >= 11 is 0. The summed E-state index contributed by atoms with van der Waals surface area (Å²) in [5.74, 6) is 0.565. The third-order valence-electron chi connectivity index (χ3n) is 1.29. The molecule has 0 aliphatic carbocycles. The number of rotatable bonds is 3. The summed E-state index contributed by atoms with van der Waals surface area (Å²) in [6.45, 7) is 2.40. The Hall–Kier alpha value is -1.65. The Kier molecular flexibility index (Phi) is 3.69. The van der Waals surface area contributed by atoms with Gasteiger partial charge in [0, 0.05) is 12.4 Å². The van der Waals surface area contributed by atoms with E-state index in [4.69, 9.17) is 0 Å². The van der Waals surface area contributed by atoms with Gasteiger partial charge in [0.15, 0.2) is 0 Å². The number of ether oxygens (including phenoxy) is 1. The molecule has 1 amide bonds. The van der Waals surface area contributed by atoms with E-state index in [1.807, 2.05) is 0 Å². The van der Waals surface area contributed by atoms with Crippen LogP contribution in [0.1, 0.15) is 12.7 Å². The van der Waals surface area contributed by atoms with E-state index in [9.17, 15) is 4.79 Å². The smallest absolute Gasteiger partial charge is 0.407 e. The Morgan fingerprint density at radius 3 is 2.85 bits per heavy atom. The lowest BCUT2D eigenvalue weighted by Gasteiger charge is -2.02. The van der Waals surface area contributed by atoms with Gasteiger partial charge in [0.05, 0.1) is 13.2 Å². The molecule has 0 aliphatic heterocycles. The molecule has 5 nitrogen and oxygen atoms in total. The zero-order valence-corrected chi connectivity index (χ0v) is 7.36. The Morgan fingerprint density at radius 2 is 2.23 bits per heavy atom. The van der Waals surface area contributed by atoms with Gasteiger partial charge in [-0.25, -0.2) is 14.8 Å². The van der Waals surface area contributed by atoms with E-state index in [0.29, 0.717) is 19.0 Å². The molecule has 0 spiro atoms. The van der Waals surface area contributed by atoms with Crippen molar-refractivity contribution in [1.29, 1.82) is 0 Å². The van der Waals surface area contributed by atoms with Crippen LogP contribution in [0.25, 0.3) is 0 Å². The lowest BCUT2D eigenvalue weighted by atomic mass is 10.5. The van der Waals surface area contributed by atoms with Gasteiger partial charge in [0.1, 0.15) is 5.82 Å². The third-order valence-corrected chi connectivity index (χ3v) is 1.29. The number of hydrogen-bond donors (Lipinski definition) is 1. The first-order valence-corrected chi connectivity index (χ1v) is 3.99. The Bertz CT molecular complexity index is 263. The molecule has 70 valence electrons. The molecule has 0 bridgehead atoms. The summed E-state index contributed by atoms with van der Waals surface area (Å²) in [6, 6.07) is 1.72. The average molecular weight is 181 g/mol. The van der Waals surface area contributed by atoms with Crippen LogP contribution in [-0.2, 0) is 11.3 Å². The highest BCUT2D eigenvalue weighted by atomic mass is 16.5. The van der Waals surface area contributed by atoms with Crippen molar-refractivity contribution in [1.82, 2.24) is 15.3 Å². The molecular weight excluding hydrogens is 170 g/mol. The van der Waals surface area contributed by atoms with Crippen LogP contribution < -0.4 is 5.32 Å². The quantitative estimate of drug-likeness (QED) is 0.746. The van der Waals surface area contributed by atoms with Crippen LogP contribution in [0.3, 0.4) is 0 Å². The van der Waals surface area contributed by atoms with Crippen molar-refractivity contribution in [3.63, 3.8) is 0 Å². The fourth-order valence-electron chi connectivity index (χ4n) is 0.755. The van der Waals surface area contributed by atoms with Gasteiger partial charge in [-0.2, -0.15) is 0 Å². The summed E-state index contributed by atoms with van der Waals surface area (Å²) in [6.07, 6.45) is 2.79. The highest BCUT2D eigenvalue weighted by Crippen LogP contribution is 1.86. The lowest BCUT2D eigenvalue weighted by Crippen LogP contribution is -2.24. The average Bonchev–Trinajstić information content (AvgIpc) is 2.17. The summed E-state index contributed by atoms with van der Waals surface area (Å²) in [5.41, 5.74) is 0. The lowest BCUT2D eigenvalue weighted by molar-refractivity contribution is 0.151. The van der Waals surface area contributed by atoms with Crippen LogP contribution >= 0.6 is 0 Å². The number of amides is 1. The molecule has 1 aromatic heterocycles. The first-order chi connectivity index (χ1) is 6.33. The molecule has 1 rings (SSSR count). The van der Waals surface area contributed by atoms with Crippen molar-refractivity contribution in [2.45, 2.75) is 13.5 Å². The summed E-state index contributed by atoms with van der Waals surface area (Å²) in [4.78, 5) is 18.7. The molecule has 0 saturated carbocycles. The second-order valence-corrected chi connectivity index (χ2v) is 2.24. The van der Waals surface area contributed by atoms with Gasteiger partial charge in [0.25, 0.3) is 0 Å². The van der Waals surface area contributed by atoms with E-state index in [1.54, 1.807) is 25.4 Å². The number of hydrogen-bond acceptors (Lipinski definition) is 4. The summed E-state index contributed by atoms with van der Waals surface area (Å²) in [5, 5.41) is 2.51. The number of carbonyl (C=O) groups is 1. The largest absolute Gasteiger partial charge is 0.450 e. The van der Waals surface area contributed by atoms with Gasteiger partial charge in [0.2, 0.25) is 0 Å². The van der Waals surface area contributed by atoms with Gasteiger partial charge < -0.3 is 10.1 Å². The minimum absolute atomic E-state index is 0.291. The molecule has 0 unspecified atom stereocenters. The van der Waals surface area contributed by atoms with E-state index in [2.05, 4.69) is 20.0 Å². The van der Waals surface area contributed by atoms with Crippen molar-refractivity contribution in [2.24, 2.45) is 0 Å². The van der Waals surface area contributed by atoms with Gasteiger partial charge >= 0.3 is 6.09 Å². The second-order valence-electron chi connectivity index (χ2n) is 2.24. The predicted octanol–water partition coefficient (Wildman–Crippen LogP) is 0.723. The van der Waals surface area contributed by atoms with Gasteiger partial charge in [-0.3, -0.25) is 0 Å². The standard InChI is InChI=1S/C8H11N3O2/c1-2-13-8(12)11-6-7-9-4-3-5-10-7/h3-5H,2,6H2,1H3,(H,11,12). The third kappa shape index (κ3) is 3.50. The zero-order chi connectivity index (χ0) is 9.52. The molecule has 1 heterocycles. The van der Waals surface area contributed by atoms with E-state index in [0.717, 1.165) is 0 Å². The molecular formula is C8H11N3O2. The Morgan fingerprint density at radius 1 is 1.54 bits per heavy atom. The Labute approximate surface area is 76.2 Å². The fraction of sp³-hybridized carbons (Fsp3) is 0.375. The molecule has 5 heteroatoms. The van der Waals surface area contributed by atoms with Crippen molar-refractivity contribution in [3.8, 4) is 0 Å². The van der Waals surface area contributed by atoms with Crippen molar-refractivity contribution in [3.05, 3.63) is 24.3 Å². The molecule has 1 aromatic rings. The maximum Gasteiger partial charge on any atom is 0.407 e. The number of nitrogens with zero attached hydrogens (tertiary/aromatic N) is 2. The molecule has 0 radical (unpaired) electrons. The SMILES string of the molecule is CCOC(=O)NCc1ncccn1. The summed E-state index contributed by atoms with van der Waals surface area (Å²) in [7, 11) is 0. The normalized spacial score (nSPS) is 9.31. The van der Waals surface area contributed by atoms with Crippen LogP contribution in [0.2, 0.25) is 0 Å². The summed E-state index contributed by atoms with van der Waals surface area (Å²) < 4.78 is 4.66. The van der Waals surface area contributed by atoms with Crippen molar-refractivity contribution in [2.75, 3.05) is 6.61 Å². The first-order valence-electron chi connectivity index (χ1n) is 3.99. The van der Waals surface area contributed by atoms with E-state index < -0.39 is 6.09 Å². The van der Waals surface area contributed by atoms with E-state index in [1.165, 1.54) is 0 Å². The molecule has 0 fully saturated rings. The monoisotopic (exact) mass is 181 g/mol. The van der Waals surface area contributed by atoms with Gasteiger partial charge in [-0.1, -0.05) is 0 Å². The van der Waals surface area contributed by atoms with Gasteiger partial charge in [-0.15, -0.1) is 0 Å². The van der Waals surface area contributed by atoms with Crippen LogP contribution in [0.4, 0.5) is 4.79 Å². The maximum absolute atomic E-state index is 10.8. The highest BCUT2D eigenvalue weighted by molar-refractivity contribution is 5.66. The predicted molar refractivity (Wildman–Crippen MR) is 45.9 cm³/mol. The topological polar surface area (TPSA) is 64.1 Å². The molecule has 0 atom stereocenters. The molecule has 0 aliphatic rings. The van der Waals surface area contributed by atoms with Crippen LogP contribution in [0, 0.1) is 0 Å². The second kappa shape index (κ2) is 5.08. The number of carbonyl (C=O) groups excluding carboxylic acids is 1. The molecule has 13 heavy (non-hydrogen) atoms. The fourth-order valence-corrected chi connectivity index (χ4v) is 0.755. The van der Waals surface area contributed by atoms with Crippen LogP contribution in [-0.4, -0.2) is 22.7 Å². The molecule has 1 N–H and O–H groups in total. The minimum Gasteiger partial charge on any atom is -0.450 e. The van der Waals surface area contributed by atoms with Crippen LogP contribution in [0.5, 0.6) is 0 Å². The first kappa shape index (κ1) is 9.44. The van der Waals surface area contributed by atoms with Crippen LogP contribution in [0.15, 0.2) is 18.5 Å². The van der Waals surface area contributed by atoms with Crippen molar-refractivity contribution >= 4 is 6.09 Å². The zero-order valence-electron chi connectivity index (χ0n) is 7.36. The number of aromatic nitrogens is 2. The molecule has 0 saturated heterocycles. The maximum atomic E-state index is 10.8. The Balaban J connectivity index is 2.31. The highest BCUT2D eigenvalue weighted by Gasteiger charge is 2.00.